The smallest absolute Gasteiger partial charge is 0.0951 e. The van der Waals surface area contributed by atoms with E-state index in [1.54, 1.807) is 0 Å². The second kappa shape index (κ2) is 5.17. The lowest BCUT2D eigenvalue weighted by atomic mass is 9.96. The molecule has 0 radical (unpaired) electrons. The van der Waals surface area contributed by atoms with Crippen LogP contribution < -0.4 is 5.32 Å². The van der Waals surface area contributed by atoms with Crippen LogP contribution in [0.25, 0.3) is 0 Å². The van der Waals surface area contributed by atoms with E-state index in [4.69, 9.17) is 0 Å². The second-order valence-corrected chi connectivity index (χ2v) is 5.40. The van der Waals surface area contributed by atoms with Gasteiger partial charge in [-0.25, -0.2) is 4.98 Å². The van der Waals surface area contributed by atoms with Gasteiger partial charge in [-0.15, -0.1) is 0 Å². The molecule has 19 heavy (non-hydrogen) atoms. The minimum Gasteiger partial charge on any atom is -0.330 e. The number of aromatic nitrogens is 4. The molecule has 1 unspecified atom stereocenters. The van der Waals surface area contributed by atoms with Gasteiger partial charge in [0, 0.05) is 43.2 Å². The summed E-state index contributed by atoms with van der Waals surface area (Å²) < 4.78 is 4.14. The maximum Gasteiger partial charge on any atom is 0.0951 e. The fourth-order valence-corrected chi connectivity index (χ4v) is 2.89. The first-order chi connectivity index (χ1) is 9.24. The van der Waals surface area contributed by atoms with Crippen molar-refractivity contribution in [1.29, 1.82) is 0 Å². The van der Waals surface area contributed by atoms with Crippen molar-refractivity contribution >= 4 is 0 Å². The third-order valence-corrected chi connectivity index (χ3v) is 3.92. The van der Waals surface area contributed by atoms with Crippen LogP contribution >= 0.6 is 0 Å². The Labute approximate surface area is 113 Å². The number of rotatable bonds is 3. The molecule has 0 spiro atoms. The second-order valence-electron chi connectivity index (χ2n) is 5.40. The van der Waals surface area contributed by atoms with Crippen molar-refractivity contribution in [2.24, 2.45) is 7.05 Å². The predicted molar refractivity (Wildman–Crippen MR) is 74.1 cm³/mol. The highest BCUT2D eigenvalue weighted by Crippen LogP contribution is 2.23. The van der Waals surface area contributed by atoms with Crippen molar-refractivity contribution in [2.45, 2.75) is 32.2 Å². The third kappa shape index (κ3) is 2.56. The van der Waals surface area contributed by atoms with Crippen molar-refractivity contribution < 1.29 is 0 Å². The zero-order valence-electron chi connectivity index (χ0n) is 11.6. The molecule has 1 aliphatic heterocycles. The molecule has 1 fully saturated rings. The number of imidazole rings is 1. The molecular formula is C14H21N5. The molecule has 102 valence electrons. The van der Waals surface area contributed by atoms with Crippen LogP contribution in [0.15, 0.2) is 18.7 Å². The molecule has 2 aromatic rings. The SMILES string of the molecule is Cc1nn(C)cc1Cn1cncc1C1CCCNC1. The molecule has 0 saturated carbocycles. The van der Waals surface area contributed by atoms with E-state index >= 15 is 0 Å². The van der Waals surface area contributed by atoms with Crippen LogP contribution in [-0.4, -0.2) is 32.4 Å². The summed E-state index contributed by atoms with van der Waals surface area (Å²) in [6, 6.07) is 0. The summed E-state index contributed by atoms with van der Waals surface area (Å²) in [4.78, 5) is 4.34. The normalized spacial score (nSPS) is 19.8. The molecule has 1 atom stereocenters. The van der Waals surface area contributed by atoms with Crippen LogP contribution in [0.4, 0.5) is 0 Å². The number of nitrogens with zero attached hydrogens (tertiary/aromatic N) is 4. The number of aryl methyl sites for hydroxylation is 2. The largest absolute Gasteiger partial charge is 0.330 e. The maximum absolute atomic E-state index is 4.40. The Balaban J connectivity index is 1.81. The molecule has 2 aromatic heterocycles. The first-order valence-corrected chi connectivity index (χ1v) is 6.94. The van der Waals surface area contributed by atoms with E-state index in [-0.39, 0.29) is 0 Å². The molecule has 5 nitrogen and oxygen atoms in total. The molecular weight excluding hydrogens is 238 g/mol. The fourth-order valence-electron chi connectivity index (χ4n) is 2.89. The van der Waals surface area contributed by atoms with Crippen molar-refractivity contribution in [3.05, 3.63) is 35.7 Å². The van der Waals surface area contributed by atoms with Gasteiger partial charge in [-0.1, -0.05) is 0 Å². The fraction of sp³-hybridized carbons (Fsp3) is 0.571. The van der Waals surface area contributed by atoms with E-state index in [9.17, 15) is 0 Å². The van der Waals surface area contributed by atoms with Gasteiger partial charge >= 0.3 is 0 Å². The first kappa shape index (κ1) is 12.4. The monoisotopic (exact) mass is 259 g/mol. The highest BCUT2D eigenvalue weighted by Gasteiger charge is 2.19. The summed E-state index contributed by atoms with van der Waals surface area (Å²) in [7, 11) is 1.97. The van der Waals surface area contributed by atoms with E-state index in [0.29, 0.717) is 5.92 Å². The Morgan fingerprint density at radius 1 is 1.47 bits per heavy atom. The Bertz CT molecular complexity index is 548. The lowest BCUT2D eigenvalue weighted by Crippen LogP contribution is -2.29. The van der Waals surface area contributed by atoms with Gasteiger partial charge < -0.3 is 9.88 Å². The zero-order valence-corrected chi connectivity index (χ0v) is 11.6. The van der Waals surface area contributed by atoms with Gasteiger partial charge in [0.05, 0.1) is 18.6 Å². The van der Waals surface area contributed by atoms with Crippen LogP contribution in [0.5, 0.6) is 0 Å². The maximum atomic E-state index is 4.40. The van der Waals surface area contributed by atoms with Crippen molar-refractivity contribution in [3.8, 4) is 0 Å². The lowest BCUT2D eigenvalue weighted by molar-refractivity contribution is 0.444. The minimum absolute atomic E-state index is 0.591. The zero-order chi connectivity index (χ0) is 13.2. The molecule has 1 aliphatic rings. The van der Waals surface area contributed by atoms with Gasteiger partial charge in [0.25, 0.3) is 0 Å². The summed E-state index contributed by atoms with van der Waals surface area (Å²) in [5.74, 6) is 0.591. The molecule has 1 saturated heterocycles. The summed E-state index contributed by atoms with van der Waals surface area (Å²) in [6.45, 7) is 5.14. The highest BCUT2D eigenvalue weighted by molar-refractivity contribution is 5.18. The van der Waals surface area contributed by atoms with Crippen LogP contribution in [0.1, 0.15) is 35.7 Å². The van der Waals surface area contributed by atoms with Crippen molar-refractivity contribution in [1.82, 2.24) is 24.6 Å². The Morgan fingerprint density at radius 2 is 2.37 bits per heavy atom. The average molecular weight is 259 g/mol. The third-order valence-electron chi connectivity index (χ3n) is 3.92. The van der Waals surface area contributed by atoms with E-state index in [0.717, 1.165) is 25.3 Å². The van der Waals surface area contributed by atoms with Crippen LogP contribution in [0, 0.1) is 6.92 Å². The van der Waals surface area contributed by atoms with Crippen molar-refractivity contribution in [3.63, 3.8) is 0 Å². The Morgan fingerprint density at radius 3 is 3.05 bits per heavy atom. The van der Waals surface area contributed by atoms with E-state index in [1.165, 1.54) is 24.1 Å². The molecule has 0 aliphatic carbocycles. The van der Waals surface area contributed by atoms with Crippen LogP contribution in [-0.2, 0) is 13.6 Å². The van der Waals surface area contributed by atoms with Gasteiger partial charge in [-0.2, -0.15) is 5.10 Å². The highest BCUT2D eigenvalue weighted by atomic mass is 15.3. The molecule has 1 N–H and O–H groups in total. The molecule has 3 heterocycles. The number of piperidine rings is 1. The molecule has 0 bridgehead atoms. The summed E-state index contributed by atoms with van der Waals surface area (Å²) in [6.07, 6.45) is 8.56. The Hall–Kier alpha value is -1.62. The molecule has 5 heteroatoms. The molecule has 0 amide bonds. The molecule has 0 aromatic carbocycles. The Kier molecular flexibility index (Phi) is 3.38. The molecule has 3 rings (SSSR count). The van der Waals surface area contributed by atoms with Gasteiger partial charge in [-0.05, 0) is 26.3 Å². The van der Waals surface area contributed by atoms with Crippen molar-refractivity contribution in [2.75, 3.05) is 13.1 Å². The predicted octanol–water partition coefficient (Wildman–Crippen LogP) is 1.44. The minimum atomic E-state index is 0.591. The summed E-state index contributed by atoms with van der Waals surface area (Å²) in [5.41, 5.74) is 3.71. The van der Waals surface area contributed by atoms with Crippen LogP contribution in [0.2, 0.25) is 0 Å². The van der Waals surface area contributed by atoms with E-state index in [2.05, 4.69) is 33.1 Å². The quantitative estimate of drug-likeness (QED) is 0.907. The topological polar surface area (TPSA) is 47.7 Å². The number of hydrogen-bond donors (Lipinski definition) is 1. The average Bonchev–Trinajstić information content (AvgIpc) is 2.98. The lowest BCUT2D eigenvalue weighted by Gasteiger charge is -2.23. The van der Waals surface area contributed by atoms with E-state index < -0.39 is 0 Å². The standard InChI is InChI=1S/C14H21N5/c1-11-13(8-18(2)17-11)9-19-10-16-7-14(19)12-4-3-5-15-6-12/h7-8,10,12,15H,3-6,9H2,1-2H3. The number of hydrogen-bond acceptors (Lipinski definition) is 3. The van der Waals surface area contributed by atoms with Gasteiger partial charge in [0.15, 0.2) is 0 Å². The van der Waals surface area contributed by atoms with Gasteiger partial charge in [0.2, 0.25) is 0 Å². The first-order valence-electron chi connectivity index (χ1n) is 6.94. The summed E-state index contributed by atoms with van der Waals surface area (Å²) in [5, 5.41) is 7.88. The van der Waals surface area contributed by atoms with Crippen LogP contribution in [0.3, 0.4) is 0 Å². The van der Waals surface area contributed by atoms with E-state index in [1.807, 2.05) is 24.3 Å². The number of nitrogens with one attached hydrogen (secondary N) is 1. The summed E-state index contributed by atoms with van der Waals surface area (Å²) >= 11 is 0. The van der Waals surface area contributed by atoms with Gasteiger partial charge in [0.1, 0.15) is 0 Å². The van der Waals surface area contributed by atoms with Gasteiger partial charge in [-0.3, -0.25) is 4.68 Å².